The second kappa shape index (κ2) is 7.47. The van der Waals surface area contributed by atoms with Gasteiger partial charge in [-0.3, -0.25) is 9.59 Å². The molecule has 0 bridgehead atoms. The van der Waals surface area contributed by atoms with Crippen LogP contribution in [0.5, 0.6) is 0 Å². The van der Waals surface area contributed by atoms with Gasteiger partial charge in [0.1, 0.15) is 18.2 Å². The van der Waals surface area contributed by atoms with Gasteiger partial charge in [-0.25, -0.2) is 8.78 Å². The molecule has 1 aliphatic heterocycles. The van der Waals surface area contributed by atoms with Crippen LogP contribution in [0.4, 0.5) is 14.5 Å². The summed E-state index contributed by atoms with van der Waals surface area (Å²) >= 11 is 0. The Morgan fingerprint density at radius 1 is 1.00 bits per heavy atom. The predicted molar refractivity (Wildman–Crippen MR) is 105 cm³/mol. The lowest BCUT2D eigenvalue weighted by Crippen LogP contribution is -2.39. The maximum Gasteiger partial charge on any atom is 0.255 e. The van der Waals surface area contributed by atoms with Gasteiger partial charge in [-0.15, -0.1) is 0 Å². The van der Waals surface area contributed by atoms with Crippen LogP contribution in [0.1, 0.15) is 33.1 Å². The Labute approximate surface area is 166 Å². The van der Waals surface area contributed by atoms with Crippen LogP contribution in [0.2, 0.25) is 0 Å². The van der Waals surface area contributed by atoms with E-state index in [1.165, 1.54) is 35.2 Å². The Balaban J connectivity index is 1.90. The molecule has 29 heavy (non-hydrogen) atoms. The van der Waals surface area contributed by atoms with E-state index >= 15 is 0 Å². The average molecular weight is 392 g/mol. The number of benzene rings is 3. The van der Waals surface area contributed by atoms with Crippen molar-refractivity contribution in [2.24, 2.45) is 0 Å². The number of carbonyl (C=O) groups excluding carboxylic acids is 2. The molecule has 1 unspecified atom stereocenters. The standard InChI is InChI=1S/C23H18F2N2O2/c1-14-3-2-4-16(11-14)23(29)27-13-21(28)26-20-10-9-18(25)12-19(20)22(27)15-5-7-17(24)8-6-15/h2-12,22H,13H2,1H3,(H,26,28). The number of hydrogen-bond acceptors (Lipinski definition) is 2. The lowest BCUT2D eigenvalue weighted by Gasteiger charge is -2.30. The molecule has 2 amide bonds. The Morgan fingerprint density at radius 2 is 1.72 bits per heavy atom. The van der Waals surface area contributed by atoms with Crippen molar-refractivity contribution >= 4 is 17.5 Å². The number of fused-ring (bicyclic) bond motifs is 1. The molecule has 0 radical (unpaired) electrons. The van der Waals surface area contributed by atoms with Crippen molar-refractivity contribution in [2.45, 2.75) is 13.0 Å². The summed E-state index contributed by atoms with van der Waals surface area (Å²) in [5.41, 5.74) is 2.76. The molecule has 1 heterocycles. The third-order valence-corrected chi connectivity index (χ3v) is 4.92. The predicted octanol–water partition coefficient (Wildman–Crippen LogP) is 4.46. The first-order valence-electron chi connectivity index (χ1n) is 9.15. The maximum atomic E-state index is 14.1. The Kier molecular flexibility index (Phi) is 4.84. The largest absolute Gasteiger partial charge is 0.324 e. The summed E-state index contributed by atoms with van der Waals surface area (Å²) in [7, 11) is 0. The minimum Gasteiger partial charge on any atom is -0.324 e. The van der Waals surface area contributed by atoms with E-state index < -0.39 is 17.7 Å². The summed E-state index contributed by atoms with van der Waals surface area (Å²) in [6, 6.07) is 16.0. The minimum atomic E-state index is -0.756. The molecule has 0 saturated carbocycles. The van der Waals surface area contributed by atoms with E-state index in [2.05, 4.69) is 5.32 Å². The lowest BCUT2D eigenvalue weighted by atomic mass is 9.95. The topological polar surface area (TPSA) is 49.4 Å². The number of halogens is 2. The number of nitrogens with zero attached hydrogens (tertiary/aromatic N) is 1. The number of aryl methyl sites for hydroxylation is 1. The monoisotopic (exact) mass is 392 g/mol. The molecule has 0 saturated heterocycles. The fourth-order valence-corrected chi connectivity index (χ4v) is 3.61. The van der Waals surface area contributed by atoms with Crippen molar-refractivity contribution < 1.29 is 18.4 Å². The van der Waals surface area contributed by atoms with E-state index in [0.717, 1.165) is 5.56 Å². The van der Waals surface area contributed by atoms with Crippen molar-refractivity contribution in [2.75, 3.05) is 11.9 Å². The van der Waals surface area contributed by atoms with Gasteiger partial charge in [0.2, 0.25) is 5.91 Å². The summed E-state index contributed by atoms with van der Waals surface area (Å²) in [5, 5.41) is 2.73. The Morgan fingerprint density at radius 3 is 2.45 bits per heavy atom. The highest BCUT2D eigenvalue weighted by Crippen LogP contribution is 2.37. The molecule has 1 aliphatic rings. The van der Waals surface area contributed by atoms with Gasteiger partial charge in [-0.1, -0.05) is 29.8 Å². The van der Waals surface area contributed by atoms with Crippen LogP contribution < -0.4 is 5.32 Å². The molecule has 146 valence electrons. The van der Waals surface area contributed by atoms with Gasteiger partial charge in [-0.2, -0.15) is 0 Å². The number of rotatable bonds is 2. The molecule has 1 N–H and O–H groups in total. The lowest BCUT2D eigenvalue weighted by molar-refractivity contribution is -0.117. The van der Waals surface area contributed by atoms with E-state index in [1.54, 1.807) is 30.3 Å². The van der Waals surface area contributed by atoms with E-state index in [0.29, 0.717) is 22.4 Å². The van der Waals surface area contributed by atoms with Gasteiger partial charge < -0.3 is 10.2 Å². The molecule has 4 rings (SSSR count). The molecule has 4 nitrogen and oxygen atoms in total. The van der Waals surface area contributed by atoms with Gasteiger partial charge in [0.05, 0.1) is 6.04 Å². The zero-order valence-electron chi connectivity index (χ0n) is 15.7. The fourth-order valence-electron chi connectivity index (χ4n) is 3.61. The fraction of sp³-hybridized carbons (Fsp3) is 0.130. The Bertz CT molecular complexity index is 1100. The second-order valence-corrected chi connectivity index (χ2v) is 7.04. The van der Waals surface area contributed by atoms with Gasteiger partial charge in [0, 0.05) is 16.8 Å². The molecule has 6 heteroatoms. The molecule has 0 aliphatic carbocycles. The van der Waals surface area contributed by atoms with Crippen LogP contribution >= 0.6 is 0 Å². The zero-order chi connectivity index (χ0) is 20.5. The number of carbonyl (C=O) groups is 2. The molecule has 0 fully saturated rings. The maximum absolute atomic E-state index is 14.1. The number of amides is 2. The summed E-state index contributed by atoms with van der Waals surface area (Å²) in [4.78, 5) is 27.3. The van der Waals surface area contributed by atoms with Gasteiger partial charge in [0.15, 0.2) is 0 Å². The van der Waals surface area contributed by atoms with Crippen LogP contribution in [0.15, 0.2) is 66.7 Å². The summed E-state index contributed by atoms with van der Waals surface area (Å²) in [6.45, 7) is 1.65. The molecule has 3 aromatic rings. The highest BCUT2D eigenvalue weighted by molar-refractivity contribution is 6.01. The molecular formula is C23H18F2N2O2. The normalized spacial score (nSPS) is 16.0. The SMILES string of the molecule is Cc1cccc(C(=O)N2CC(=O)Nc3ccc(F)cc3C2c2ccc(F)cc2)c1. The van der Waals surface area contributed by atoms with Gasteiger partial charge >= 0.3 is 0 Å². The first kappa shape index (κ1) is 18.8. The highest BCUT2D eigenvalue weighted by atomic mass is 19.1. The molecule has 1 atom stereocenters. The zero-order valence-corrected chi connectivity index (χ0v) is 15.7. The minimum absolute atomic E-state index is 0.217. The molecule has 3 aromatic carbocycles. The van der Waals surface area contributed by atoms with Crippen LogP contribution in [0.25, 0.3) is 0 Å². The third-order valence-electron chi connectivity index (χ3n) is 4.92. The van der Waals surface area contributed by atoms with Gasteiger partial charge in [-0.05, 0) is 55.0 Å². The van der Waals surface area contributed by atoms with Crippen LogP contribution in [-0.2, 0) is 4.79 Å². The van der Waals surface area contributed by atoms with Crippen molar-refractivity contribution in [1.29, 1.82) is 0 Å². The first-order chi connectivity index (χ1) is 13.9. The number of nitrogens with one attached hydrogen (secondary N) is 1. The number of anilines is 1. The van der Waals surface area contributed by atoms with E-state index in [9.17, 15) is 18.4 Å². The first-order valence-corrected chi connectivity index (χ1v) is 9.15. The second-order valence-electron chi connectivity index (χ2n) is 7.04. The third kappa shape index (κ3) is 3.74. The van der Waals surface area contributed by atoms with E-state index in [-0.39, 0.29) is 18.4 Å². The van der Waals surface area contributed by atoms with Crippen LogP contribution in [0, 0.1) is 18.6 Å². The van der Waals surface area contributed by atoms with Crippen LogP contribution in [-0.4, -0.2) is 23.3 Å². The number of hydrogen-bond donors (Lipinski definition) is 1. The van der Waals surface area contributed by atoms with Gasteiger partial charge in [0.25, 0.3) is 5.91 Å². The summed E-state index contributed by atoms with van der Waals surface area (Å²) in [6.07, 6.45) is 0. The van der Waals surface area contributed by atoms with E-state index in [1.807, 2.05) is 13.0 Å². The smallest absolute Gasteiger partial charge is 0.255 e. The van der Waals surface area contributed by atoms with Crippen molar-refractivity contribution in [3.05, 3.63) is 101 Å². The van der Waals surface area contributed by atoms with Crippen molar-refractivity contribution in [3.63, 3.8) is 0 Å². The summed E-state index contributed by atoms with van der Waals surface area (Å²) < 4.78 is 27.6. The quantitative estimate of drug-likeness (QED) is 0.700. The van der Waals surface area contributed by atoms with Crippen molar-refractivity contribution in [3.8, 4) is 0 Å². The molecular weight excluding hydrogens is 374 g/mol. The molecule has 0 spiro atoms. The highest BCUT2D eigenvalue weighted by Gasteiger charge is 2.34. The molecule has 0 aromatic heterocycles. The van der Waals surface area contributed by atoms with E-state index in [4.69, 9.17) is 0 Å². The summed E-state index contributed by atoms with van der Waals surface area (Å²) in [5.74, 6) is -1.67. The Hall–Kier alpha value is -3.54. The van der Waals surface area contributed by atoms with Crippen molar-refractivity contribution in [1.82, 2.24) is 4.90 Å². The van der Waals surface area contributed by atoms with Crippen LogP contribution in [0.3, 0.4) is 0 Å². The average Bonchev–Trinajstić information content (AvgIpc) is 2.84.